The maximum Gasteiger partial charge on any atom is 0.275 e. The Hall–Kier alpha value is -2.59. The zero-order chi connectivity index (χ0) is 24.7. The second-order valence-corrected chi connectivity index (χ2v) is 13.2. The smallest absolute Gasteiger partial charge is 0.275 e. The predicted molar refractivity (Wildman–Crippen MR) is 146 cm³/mol. The Balaban J connectivity index is 1.49. The first-order valence-electron chi connectivity index (χ1n) is 12.3. The fraction of sp³-hybridized carbons (Fsp3) is 0.370. The number of benzene rings is 2. The maximum atomic E-state index is 13.7. The largest absolute Gasteiger partial charge is 0.378 e. The van der Waals surface area contributed by atoms with Crippen LogP contribution in [0, 0.1) is 0 Å². The summed E-state index contributed by atoms with van der Waals surface area (Å²) in [6.07, 6.45) is 1.74. The van der Waals surface area contributed by atoms with Crippen molar-refractivity contribution < 1.29 is 13.7 Å². The summed E-state index contributed by atoms with van der Waals surface area (Å²) in [5.74, 6) is 2.20. The molecule has 3 aliphatic rings. The van der Waals surface area contributed by atoms with Crippen molar-refractivity contribution in [3.8, 4) is 16.9 Å². The number of fused-ring (bicyclic) bond motifs is 3. The monoisotopic (exact) mass is 522 g/mol. The van der Waals surface area contributed by atoms with Gasteiger partial charge in [-0.05, 0) is 23.8 Å². The van der Waals surface area contributed by atoms with Gasteiger partial charge in [-0.15, -0.1) is 0 Å². The SMILES string of the molecule is CS1(=O)=Cc2c(C(=O)N3CCOCC3)nn(-c3cccc(CN4CCSCC4)c3)c2-c2ccccc21. The van der Waals surface area contributed by atoms with Gasteiger partial charge in [-0.25, -0.2) is 4.68 Å². The zero-order valence-corrected chi connectivity index (χ0v) is 22.0. The number of morpholine rings is 1. The highest BCUT2D eigenvalue weighted by Crippen LogP contribution is 2.37. The van der Waals surface area contributed by atoms with Crippen LogP contribution in [0.15, 0.2) is 53.4 Å². The standard InChI is InChI=1S/C27H30N4O3S2/c1-36(33)19-23-25(27(32)30-9-13-34-14-10-30)28-31(26(23)22-7-2-3-8-24(22)36)21-6-4-5-20(17-21)18-29-11-15-35-16-12-29/h2-8,17,19H,9-16,18H2,1H3. The third kappa shape index (κ3) is 4.38. The molecule has 2 aromatic carbocycles. The minimum atomic E-state index is -2.47. The first-order valence-corrected chi connectivity index (χ1v) is 15.5. The summed E-state index contributed by atoms with van der Waals surface area (Å²) in [5.41, 5.74) is 4.84. The molecule has 1 unspecified atom stereocenters. The van der Waals surface area contributed by atoms with Gasteiger partial charge in [0.25, 0.3) is 5.91 Å². The molecule has 0 spiro atoms. The molecule has 1 aromatic heterocycles. The second-order valence-electron chi connectivity index (χ2n) is 9.50. The Kier molecular flexibility index (Phi) is 6.41. The third-order valence-electron chi connectivity index (χ3n) is 7.01. The van der Waals surface area contributed by atoms with Crippen LogP contribution in [0.4, 0.5) is 0 Å². The van der Waals surface area contributed by atoms with Crippen molar-refractivity contribution in [2.75, 3.05) is 57.2 Å². The highest BCUT2D eigenvalue weighted by molar-refractivity contribution is 8.01. The van der Waals surface area contributed by atoms with E-state index < -0.39 is 9.52 Å². The molecular formula is C27H30N4O3S2. The minimum absolute atomic E-state index is 0.138. The normalized spacial score (nSPS) is 22.0. The zero-order valence-electron chi connectivity index (χ0n) is 20.4. The Morgan fingerprint density at radius 2 is 1.83 bits per heavy atom. The second kappa shape index (κ2) is 9.70. The van der Waals surface area contributed by atoms with Gasteiger partial charge < -0.3 is 9.64 Å². The van der Waals surface area contributed by atoms with E-state index >= 15 is 0 Å². The molecule has 36 heavy (non-hydrogen) atoms. The van der Waals surface area contributed by atoms with Crippen LogP contribution in [0.1, 0.15) is 21.6 Å². The van der Waals surface area contributed by atoms with E-state index in [0.717, 1.165) is 41.5 Å². The van der Waals surface area contributed by atoms with Crippen LogP contribution < -0.4 is 0 Å². The van der Waals surface area contributed by atoms with Crippen LogP contribution in [0.5, 0.6) is 0 Å². The average molecular weight is 523 g/mol. The van der Waals surface area contributed by atoms with Crippen molar-refractivity contribution in [2.24, 2.45) is 0 Å². The molecule has 188 valence electrons. The average Bonchev–Trinajstić information content (AvgIpc) is 3.28. The lowest BCUT2D eigenvalue weighted by molar-refractivity contribution is 0.0298. The van der Waals surface area contributed by atoms with Gasteiger partial charge in [0.05, 0.1) is 24.6 Å². The fourth-order valence-electron chi connectivity index (χ4n) is 5.17. The van der Waals surface area contributed by atoms with Crippen molar-refractivity contribution in [2.45, 2.75) is 11.4 Å². The van der Waals surface area contributed by atoms with E-state index in [1.165, 1.54) is 17.1 Å². The summed E-state index contributed by atoms with van der Waals surface area (Å²) in [5, 5.41) is 6.66. The summed E-state index contributed by atoms with van der Waals surface area (Å²) in [7, 11) is -2.47. The van der Waals surface area contributed by atoms with Gasteiger partial charge in [0.2, 0.25) is 0 Å². The van der Waals surface area contributed by atoms with Gasteiger partial charge >= 0.3 is 0 Å². The van der Waals surface area contributed by atoms with Gasteiger partial charge in [-0.1, -0.05) is 30.3 Å². The molecule has 3 aromatic rings. The Morgan fingerprint density at radius 1 is 1.06 bits per heavy atom. The van der Waals surface area contributed by atoms with E-state index in [4.69, 9.17) is 9.84 Å². The van der Waals surface area contributed by atoms with Crippen LogP contribution in [-0.4, -0.2) is 92.2 Å². The van der Waals surface area contributed by atoms with E-state index in [1.54, 1.807) is 16.5 Å². The van der Waals surface area contributed by atoms with Crippen molar-refractivity contribution in [1.82, 2.24) is 19.6 Å². The molecule has 0 bridgehead atoms. The molecule has 2 fully saturated rings. The summed E-state index contributed by atoms with van der Waals surface area (Å²) in [4.78, 5) is 18.7. The molecule has 6 rings (SSSR count). The number of thioether (sulfide) groups is 1. The van der Waals surface area contributed by atoms with Gasteiger partial charge in [0, 0.05) is 81.4 Å². The Morgan fingerprint density at radius 3 is 2.64 bits per heavy atom. The summed E-state index contributed by atoms with van der Waals surface area (Å²) in [6.45, 7) is 5.17. The molecular weight excluding hydrogens is 492 g/mol. The van der Waals surface area contributed by atoms with Crippen LogP contribution >= 0.6 is 11.8 Å². The van der Waals surface area contributed by atoms with Crippen molar-refractivity contribution in [3.63, 3.8) is 0 Å². The molecule has 0 radical (unpaired) electrons. The molecule has 2 saturated heterocycles. The van der Waals surface area contributed by atoms with Crippen LogP contribution in [0.3, 0.4) is 0 Å². The number of rotatable bonds is 4. The highest BCUT2D eigenvalue weighted by atomic mass is 32.2. The molecule has 0 N–H and O–H groups in total. The first kappa shape index (κ1) is 23.8. The third-order valence-corrected chi connectivity index (χ3v) is 9.87. The lowest BCUT2D eigenvalue weighted by Crippen LogP contribution is -2.41. The molecule has 4 heterocycles. The number of hydrogen-bond acceptors (Lipinski definition) is 6. The van der Waals surface area contributed by atoms with E-state index in [1.807, 2.05) is 46.8 Å². The lowest BCUT2D eigenvalue weighted by Gasteiger charge is -2.26. The molecule has 0 aliphatic carbocycles. The number of ether oxygens (including phenoxy) is 1. The Labute approximate surface area is 216 Å². The summed E-state index contributed by atoms with van der Waals surface area (Å²) >= 11 is 2.01. The first-order chi connectivity index (χ1) is 17.5. The van der Waals surface area contributed by atoms with Gasteiger partial charge in [0.15, 0.2) is 5.69 Å². The van der Waals surface area contributed by atoms with Crippen molar-refractivity contribution in [1.29, 1.82) is 0 Å². The number of aromatic nitrogens is 2. The Bertz CT molecular complexity index is 1430. The number of hydrogen-bond donors (Lipinski definition) is 0. The van der Waals surface area contributed by atoms with Crippen LogP contribution in [-0.2, 0) is 20.8 Å². The van der Waals surface area contributed by atoms with E-state index in [0.29, 0.717) is 37.6 Å². The van der Waals surface area contributed by atoms with Crippen molar-refractivity contribution >= 4 is 32.6 Å². The van der Waals surface area contributed by atoms with Crippen LogP contribution in [0.25, 0.3) is 16.9 Å². The number of carbonyl (C=O) groups excluding carboxylic acids is 1. The van der Waals surface area contributed by atoms with Gasteiger partial charge in [-0.3, -0.25) is 13.9 Å². The fourth-order valence-corrected chi connectivity index (χ4v) is 7.90. The van der Waals surface area contributed by atoms with Crippen molar-refractivity contribution in [3.05, 3.63) is 65.4 Å². The number of carbonyl (C=O) groups is 1. The molecule has 0 saturated carbocycles. The quantitative estimate of drug-likeness (QED) is 0.491. The molecule has 7 nitrogen and oxygen atoms in total. The van der Waals surface area contributed by atoms with E-state index in [9.17, 15) is 9.00 Å². The molecule has 1 atom stereocenters. The molecule has 1 amide bonds. The lowest BCUT2D eigenvalue weighted by atomic mass is 10.0. The maximum absolute atomic E-state index is 13.7. The summed E-state index contributed by atoms with van der Waals surface area (Å²) in [6, 6.07) is 16.2. The minimum Gasteiger partial charge on any atom is -0.378 e. The van der Waals surface area contributed by atoms with E-state index in [2.05, 4.69) is 23.1 Å². The van der Waals surface area contributed by atoms with Gasteiger partial charge in [-0.2, -0.15) is 16.9 Å². The van der Waals surface area contributed by atoms with E-state index in [-0.39, 0.29) is 5.91 Å². The summed E-state index contributed by atoms with van der Waals surface area (Å²) < 4.78 is 21.0. The number of amides is 1. The predicted octanol–water partition coefficient (Wildman–Crippen LogP) is 3.00. The molecule has 3 aliphatic heterocycles. The van der Waals surface area contributed by atoms with Crippen LogP contribution in [0.2, 0.25) is 0 Å². The van der Waals surface area contributed by atoms with Gasteiger partial charge in [0.1, 0.15) is 0 Å². The number of nitrogens with zero attached hydrogens (tertiary/aromatic N) is 4. The topological polar surface area (TPSA) is 67.7 Å². The highest BCUT2D eigenvalue weighted by Gasteiger charge is 2.32. The molecule has 9 heteroatoms.